The minimum absolute atomic E-state index is 0.0215. The first-order valence-corrected chi connectivity index (χ1v) is 10.4. The molecule has 0 aliphatic rings. The molecule has 0 bridgehead atoms. The molecule has 6 nitrogen and oxygen atoms in total. The molecule has 33 heavy (non-hydrogen) atoms. The molecule has 0 saturated heterocycles. The number of carbonyl (C=O) groups excluding carboxylic acids is 1. The van der Waals surface area contributed by atoms with Crippen molar-refractivity contribution in [3.05, 3.63) is 102 Å². The van der Waals surface area contributed by atoms with Gasteiger partial charge < -0.3 is 10.1 Å². The van der Waals surface area contributed by atoms with Crippen molar-refractivity contribution in [2.75, 3.05) is 12.4 Å². The van der Waals surface area contributed by atoms with E-state index in [2.05, 4.69) is 5.32 Å². The standard InChI is InChI=1S/C27H22N4O2/c1-19-8-10-20(11-9-19)26-22(18-31(30-26)24-6-4-3-5-7-24)16-21(17-28)27(32)29-23-12-14-25(33-2)15-13-23/h3-16,18H,1-2H3,(H,29,32)/b21-16+. The molecule has 0 radical (unpaired) electrons. The molecular formula is C27H22N4O2. The number of nitrogens with one attached hydrogen (secondary N) is 1. The molecule has 0 aliphatic carbocycles. The first-order valence-electron chi connectivity index (χ1n) is 10.4. The number of carbonyl (C=O) groups is 1. The van der Waals surface area contributed by atoms with Crippen molar-refractivity contribution in [2.24, 2.45) is 0 Å². The lowest BCUT2D eigenvalue weighted by Gasteiger charge is -2.06. The quantitative estimate of drug-likeness (QED) is 0.325. The molecule has 1 aromatic heterocycles. The Balaban J connectivity index is 1.71. The maximum atomic E-state index is 12.8. The summed E-state index contributed by atoms with van der Waals surface area (Å²) in [6.07, 6.45) is 3.39. The molecule has 1 heterocycles. The van der Waals surface area contributed by atoms with Crippen molar-refractivity contribution in [1.82, 2.24) is 9.78 Å². The van der Waals surface area contributed by atoms with Gasteiger partial charge in [-0.3, -0.25) is 4.79 Å². The van der Waals surface area contributed by atoms with Crippen LogP contribution in [0.3, 0.4) is 0 Å². The van der Waals surface area contributed by atoms with E-state index in [-0.39, 0.29) is 5.57 Å². The Bertz CT molecular complexity index is 1330. The van der Waals surface area contributed by atoms with Gasteiger partial charge >= 0.3 is 0 Å². The fourth-order valence-electron chi connectivity index (χ4n) is 3.32. The molecule has 162 valence electrons. The Kier molecular flexibility index (Phi) is 6.33. The third kappa shape index (κ3) is 5.00. The number of amides is 1. The van der Waals surface area contributed by atoms with Crippen LogP contribution >= 0.6 is 0 Å². The number of nitrogens with zero attached hydrogens (tertiary/aromatic N) is 3. The predicted molar refractivity (Wildman–Crippen MR) is 129 cm³/mol. The van der Waals surface area contributed by atoms with Gasteiger partial charge in [-0.15, -0.1) is 0 Å². The zero-order chi connectivity index (χ0) is 23.2. The van der Waals surface area contributed by atoms with Crippen LogP contribution in [0.25, 0.3) is 23.0 Å². The van der Waals surface area contributed by atoms with E-state index in [1.54, 1.807) is 42.1 Å². The van der Waals surface area contributed by atoms with Crippen molar-refractivity contribution in [3.63, 3.8) is 0 Å². The molecule has 1 amide bonds. The predicted octanol–water partition coefficient (Wildman–Crippen LogP) is 5.40. The number of ether oxygens (including phenoxy) is 1. The van der Waals surface area contributed by atoms with Crippen LogP contribution < -0.4 is 10.1 Å². The number of hydrogen-bond donors (Lipinski definition) is 1. The Hall–Kier alpha value is -4.63. The van der Waals surface area contributed by atoms with Gasteiger partial charge in [-0.25, -0.2) is 4.68 Å². The van der Waals surface area contributed by atoms with Crippen LogP contribution in [0, 0.1) is 18.3 Å². The number of hydrogen-bond acceptors (Lipinski definition) is 4. The average molecular weight is 434 g/mol. The normalized spacial score (nSPS) is 11.0. The largest absolute Gasteiger partial charge is 0.497 e. The van der Waals surface area contributed by atoms with Crippen LogP contribution in [-0.4, -0.2) is 22.8 Å². The van der Waals surface area contributed by atoms with Gasteiger partial charge in [0.15, 0.2) is 0 Å². The van der Waals surface area contributed by atoms with Crippen molar-refractivity contribution in [2.45, 2.75) is 6.92 Å². The maximum absolute atomic E-state index is 12.8. The van der Waals surface area contributed by atoms with Crippen molar-refractivity contribution in [1.29, 1.82) is 5.26 Å². The highest BCUT2D eigenvalue weighted by atomic mass is 16.5. The third-order valence-corrected chi connectivity index (χ3v) is 5.10. The van der Waals surface area contributed by atoms with E-state index in [1.165, 1.54) is 0 Å². The zero-order valence-corrected chi connectivity index (χ0v) is 18.3. The molecule has 0 unspecified atom stereocenters. The number of para-hydroxylation sites is 1. The monoisotopic (exact) mass is 434 g/mol. The topological polar surface area (TPSA) is 79.9 Å². The van der Waals surface area contributed by atoms with E-state index < -0.39 is 5.91 Å². The fourth-order valence-corrected chi connectivity index (χ4v) is 3.32. The van der Waals surface area contributed by atoms with Gasteiger partial charge in [0.2, 0.25) is 0 Å². The van der Waals surface area contributed by atoms with Gasteiger partial charge in [0, 0.05) is 23.0 Å². The van der Waals surface area contributed by atoms with Crippen LogP contribution in [-0.2, 0) is 4.79 Å². The first kappa shape index (κ1) is 21.6. The number of aryl methyl sites for hydroxylation is 1. The van der Waals surface area contributed by atoms with Gasteiger partial charge in [0.05, 0.1) is 18.5 Å². The van der Waals surface area contributed by atoms with Crippen LogP contribution in [0.15, 0.2) is 90.6 Å². The van der Waals surface area contributed by atoms with Gasteiger partial charge in [-0.1, -0.05) is 48.0 Å². The summed E-state index contributed by atoms with van der Waals surface area (Å²) in [7, 11) is 1.57. The van der Waals surface area contributed by atoms with Crippen LogP contribution in [0.2, 0.25) is 0 Å². The molecule has 4 rings (SSSR count). The van der Waals surface area contributed by atoms with Crippen molar-refractivity contribution >= 4 is 17.7 Å². The van der Waals surface area contributed by atoms with Crippen molar-refractivity contribution in [3.8, 4) is 28.8 Å². The Morgan fingerprint density at radius 1 is 1.03 bits per heavy atom. The highest BCUT2D eigenvalue weighted by molar-refractivity contribution is 6.10. The van der Waals surface area contributed by atoms with Gasteiger partial charge in [0.25, 0.3) is 5.91 Å². The number of anilines is 1. The molecule has 1 N–H and O–H groups in total. The summed E-state index contributed by atoms with van der Waals surface area (Å²) < 4.78 is 6.88. The van der Waals surface area contributed by atoms with Gasteiger partial charge in [-0.05, 0) is 49.4 Å². The highest BCUT2D eigenvalue weighted by Gasteiger charge is 2.15. The van der Waals surface area contributed by atoms with E-state index in [0.29, 0.717) is 22.7 Å². The summed E-state index contributed by atoms with van der Waals surface area (Å²) in [6, 6.07) is 26.6. The smallest absolute Gasteiger partial charge is 0.266 e. The summed E-state index contributed by atoms with van der Waals surface area (Å²) in [5.74, 6) is 0.185. The third-order valence-electron chi connectivity index (χ3n) is 5.10. The Morgan fingerprint density at radius 2 is 1.73 bits per heavy atom. The zero-order valence-electron chi connectivity index (χ0n) is 18.3. The molecular weight excluding hydrogens is 412 g/mol. The summed E-state index contributed by atoms with van der Waals surface area (Å²) in [4.78, 5) is 12.8. The van der Waals surface area contributed by atoms with Gasteiger partial charge in [-0.2, -0.15) is 10.4 Å². The summed E-state index contributed by atoms with van der Waals surface area (Å²) in [6.45, 7) is 2.02. The van der Waals surface area contributed by atoms with Crippen molar-refractivity contribution < 1.29 is 9.53 Å². The minimum Gasteiger partial charge on any atom is -0.497 e. The maximum Gasteiger partial charge on any atom is 0.266 e. The molecule has 0 fully saturated rings. The summed E-state index contributed by atoms with van der Waals surface area (Å²) in [5.41, 5.74) is 4.82. The van der Waals surface area contributed by atoms with E-state index in [9.17, 15) is 10.1 Å². The minimum atomic E-state index is -0.495. The van der Waals surface area contributed by atoms with Crippen LogP contribution in [0.5, 0.6) is 5.75 Å². The fraction of sp³-hybridized carbons (Fsp3) is 0.0741. The van der Waals surface area contributed by atoms with E-state index >= 15 is 0 Å². The number of benzene rings is 3. The molecule has 4 aromatic rings. The lowest BCUT2D eigenvalue weighted by Crippen LogP contribution is -2.13. The lowest BCUT2D eigenvalue weighted by atomic mass is 10.0. The number of methoxy groups -OCH3 is 1. The average Bonchev–Trinajstić information content (AvgIpc) is 3.28. The van der Waals surface area contributed by atoms with Gasteiger partial charge in [0.1, 0.15) is 17.4 Å². The molecule has 0 saturated carbocycles. The number of nitriles is 1. The van der Waals surface area contributed by atoms with E-state index in [4.69, 9.17) is 9.84 Å². The Labute approximate surface area is 192 Å². The lowest BCUT2D eigenvalue weighted by molar-refractivity contribution is -0.112. The second kappa shape index (κ2) is 9.67. The molecule has 0 spiro atoms. The SMILES string of the molecule is COc1ccc(NC(=O)/C(C#N)=C/c2cn(-c3ccccc3)nc2-c2ccc(C)cc2)cc1. The molecule has 0 atom stereocenters. The number of rotatable bonds is 6. The van der Waals surface area contributed by atoms with E-state index in [1.807, 2.05) is 73.8 Å². The molecule has 0 aliphatic heterocycles. The van der Waals surface area contributed by atoms with Crippen LogP contribution in [0.4, 0.5) is 5.69 Å². The Morgan fingerprint density at radius 3 is 2.36 bits per heavy atom. The molecule has 6 heteroatoms. The molecule has 3 aromatic carbocycles. The van der Waals surface area contributed by atoms with Crippen LogP contribution in [0.1, 0.15) is 11.1 Å². The second-order valence-corrected chi connectivity index (χ2v) is 7.43. The van der Waals surface area contributed by atoms with E-state index in [0.717, 1.165) is 16.8 Å². The summed E-state index contributed by atoms with van der Waals surface area (Å²) in [5, 5.41) is 17.2. The first-order chi connectivity index (χ1) is 16.1. The number of aromatic nitrogens is 2. The second-order valence-electron chi connectivity index (χ2n) is 7.43. The summed E-state index contributed by atoms with van der Waals surface area (Å²) >= 11 is 0. The highest BCUT2D eigenvalue weighted by Crippen LogP contribution is 2.26.